The molecular formula is C21H22N6O3S. The maximum atomic E-state index is 12.2. The molecule has 0 aliphatic heterocycles. The van der Waals surface area contributed by atoms with Gasteiger partial charge in [0.25, 0.3) is 0 Å². The van der Waals surface area contributed by atoms with Crippen LogP contribution in [0.15, 0.2) is 35.4 Å². The van der Waals surface area contributed by atoms with Gasteiger partial charge in [0.15, 0.2) is 0 Å². The number of amides is 2. The van der Waals surface area contributed by atoms with E-state index in [1.54, 1.807) is 36.2 Å². The lowest BCUT2D eigenvalue weighted by molar-refractivity contribution is -0.117. The van der Waals surface area contributed by atoms with Gasteiger partial charge < -0.3 is 21.1 Å². The van der Waals surface area contributed by atoms with E-state index in [-0.39, 0.29) is 24.3 Å². The summed E-state index contributed by atoms with van der Waals surface area (Å²) < 4.78 is 4.76. The summed E-state index contributed by atoms with van der Waals surface area (Å²) in [6, 6.07) is 13.2. The molecule has 2 rings (SSSR count). The van der Waals surface area contributed by atoms with Gasteiger partial charge in [-0.05, 0) is 17.5 Å². The molecule has 0 aliphatic rings. The minimum absolute atomic E-state index is 0.00373. The van der Waals surface area contributed by atoms with Gasteiger partial charge in [0, 0.05) is 7.05 Å². The number of benzene rings is 1. The Labute approximate surface area is 184 Å². The first-order valence-electron chi connectivity index (χ1n) is 9.35. The van der Waals surface area contributed by atoms with Gasteiger partial charge in [-0.2, -0.15) is 10.5 Å². The highest BCUT2D eigenvalue weighted by Crippen LogP contribution is 2.39. The average Bonchev–Trinajstić information content (AvgIpc) is 2.76. The van der Waals surface area contributed by atoms with Crippen molar-refractivity contribution < 1.29 is 14.3 Å². The zero-order valence-electron chi connectivity index (χ0n) is 17.2. The van der Waals surface area contributed by atoms with Crippen LogP contribution in [0.2, 0.25) is 0 Å². The molecule has 2 aromatic rings. The number of pyridine rings is 1. The van der Waals surface area contributed by atoms with Gasteiger partial charge in [-0.3, -0.25) is 4.79 Å². The fraction of sp³-hybridized carbons (Fsp3) is 0.286. The number of thioether (sulfide) groups is 1. The number of likely N-dealkylation sites (N-methyl/N-ethyl adjacent to an activating group) is 1. The van der Waals surface area contributed by atoms with E-state index >= 15 is 0 Å². The molecule has 9 nitrogen and oxygen atoms in total. The number of aromatic nitrogens is 1. The number of carbonyl (C=O) groups is 2. The molecule has 31 heavy (non-hydrogen) atoms. The summed E-state index contributed by atoms with van der Waals surface area (Å²) in [7, 11) is 1.68. The number of ether oxygens (including phenoxy) is 1. The number of carbonyl (C=O) groups excluding carboxylic acids is 2. The summed E-state index contributed by atoms with van der Waals surface area (Å²) in [4.78, 5) is 29.2. The van der Waals surface area contributed by atoms with Crippen molar-refractivity contribution in [1.29, 1.82) is 10.5 Å². The SMILES string of the molecule is CCc1c(C#N)c(SC(C(N)=O)c2ccccc2)nc(N(C)CCOC(N)=O)c1C#N. The maximum Gasteiger partial charge on any atom is 0.404 e. The smallest absolute Gasteiger partial charge is 0.404 e. The van der Waals surface area contributed by atoms with E-state index in [9.17, 15) is 20.1 Å². The molecule has 0 spiro atoms. The Hall–Kier alpha value is -3.76. The van der Waals surface area contributed by atoms with Crippen LogP contribution >= 0.6 is 11.8 Å². The van der Waals surface area contributed by atoms with E-state index in [4.69, 9.17) is 16.2 Å². The minimum atomic E-state index is -0.903. The predicted octanol–water partition coefficient (Wildman–Crippen LogP) is 2.24. The third-order valence-corrected chi connectivity index (χ3v) is 5.71. The van der Waals surface area contributed by atoms with Crippen molar-refractivity contribution in [3.8, 4) is 12.1 Å². The number of rotatable bonds is 9. The molecule has 0 bridgehead atoms. The van der Waals surface area contributed by atoms with Crippen LogP contribution in [0, 0.1) is 22.7 Å². The van der Waals surface area contributed by atoms with Crippen LogP contribution < -0.4 is 16.4 Å². The second-order valence-electron chi connectivity index (χ2n) is 6.45. The summed E-state index contributed by atoms with van der Waals surface area (Å²) >= 11 is 1.06. The van der Waals surface area contributed by atoms with Crippen LogP contribution in [0.5, 0.6) is 0 Å². The largest absolute Gasteiger partial charge is 0.448 e. The van der Waals surface area contributed by atoms with Crippen LogP contribution in [0.3, 0.4) is 0 Å². The van der Waals surface area contributed by atoms with Gasteiger partial charge >= 0.3 is 6.09 Å². The number of primary amides is 2. The number of nitrogens with two attached hydrogens (primary N) is 2. The van der Waals surface area contributed by atoms with Crippen molar-refractivity contribution in [3.63, 3.8) is 0 Å². The van der Waals surface area contributed by atoms with Gasteiger partial charge in [0.1, 0.15) is 34.8 Å². The number of nitrogens with zero attached hydrogens (tertiary/aromatic N) is 4. The summed E-state index contributed by atoms with van der Waals surface area (Å²) in [5.41, 5.74) is 12.3. The Morgan fingerprint density at radius 3 is 2.35 bits per heavy atom. The van der Waals surface area contributed by atoms with Gasteiger partial charge in [0.05, 0.1) is 17.7 Å². The second-order valence-corrected chi connectivity index (χ2v) is 7.54. The lowest BCUT2D eigenvalue weighted by Gasteiger charge is -2.23. The highest BCUT2D eigenvalue weighted by molar-refractivity contribution is 8.00. The number of anilines is 1. The second kappa shape index (κ2) is 10.9. The average molecular weight is 439 g/mol. The Kier molecular flexibility index (Phi) is 8.24. The highest BCUT2D eigenvalue weighted by Gasteiger charge is 2.26. The van der Waals surface area contributed by atoms with Crippen molar-refractivity contribution in [1.82, 2.24) is 4.98 Å². The van der Waals surface area contributed by atoms with Gasteiger partial charge in [-0.1, -0.05) is 49.0 Å². The fourth-order valence-corrected chi connectivity index (χ4v) is 4.02. The first-order chi connectivity index (χ1) is 14.8. The Balaban J connectivity index is 2.55. The normalized spacial score (nSPS) is 11.1. The molecule has 1 atom stereocenters. The zero-order chi connectivity index (χ0) is 23.0. The van der Waals surface area contributed by atoms with Crippen LogP contribution in [-0.4, -0.2) is 37.2 Å². The van der Waals surface area contributed by atoms with E-state index in [0.717, 1.165) is 11.8 Å². The minimum Gasteiger partial charge on any atom is -0.448 e. The van der Waals surface area contributed by atoms with Crippen LogP contribution in [0.4, 0.5) is 10.6 Å². The van der Waals surface area contributed by atoms with Crippen molar-refractivity contribution in [2.45, 2.75) is 23.6 Å². The molecule has 1 unspecified atom stereocenters. The topological polar surface area (TPSA) is 159 Å². The van der Waals surface area contributed by atoms with Gasteiger partial charge in [0.2, 0.25) is 5.91 Å². The van der Waals surface area contributed by atoms with E-state index in [0.29, 0.717) is 28.4 Å². The summed E-state index contributed by atoms with van der Waals surface area (Å²) in [6.45, 7) is 2.05. The lowest BCUT2D eigenvalue weighted by Crippen LogP contribution is -2.27. The van der Waals surface area contributed by atoms with Crippen LogP contribution in [0.1, 0.15) is 34.4 Å². The monoisotopic (exact) mass is 438 g/mol. The fourth-order valence-electron chi connectivity index (χ4n) is 2.96. The molecule has 160 valence electrons. The van der Waals surface area contributed by atoms with Gasteiger partial charge in [-0.15, -0.1) is 0 Å². The Morgan fingerprint density at radius 1 is 1.19 bits per heavy atom. The molecule has 1 aromatic carbocycles. The molecule has 0 fully saturated rings. The molecule has 0 saturated carbocycles. The molecule has 10 heteroatoms. The van der Waals surface area contributed by atoms with E-state index in [1.807, 2.05) is 13.0 Å². The quantitative estimate of drug-likeness (QED) is 0.564. The van der Waals surface area contributed by atoms with Crippen molar-refractivity contribution in [2.75, 3.05) is 25.1 Å². The first-order valence-corrected chi connectivity index (χ1v) is 10.2. The summed E-state index contributed by atoms with van der Waals surface area (Å²) in [5.74, 6) is -0.265. The standard InChI is InChI=1S/C21H22N6O3S/c1-3-14-15(11-22)19(27(2)9-10-30-21(25)29)26-20(16(14)12-23)31-17(18(24)28)13-7-5-4-6-8-13/h4-8,17H,3,9-10H2,1-2H3,(H2,24,28)(H2,25,29). The highest BCUT2D eigenvalue weighted by atomic mass is 32.2. The Morgan fingerprint density at radius 2 is 1.84 bits per heavy atom. The lowest BCUT2D eigenvalue weighted by atomic mass is 10.0. The molecule has 1 aromatic heterocycles. The predicted molar refractivity (Wildman–Crippen MR) is 116 cm³/mol. The first kappa shape index (κ1) is 23.5. The summed E-state index contributed by atoms with van der Waals surface area (Å²) in [5, 5.41) is 19.1. The van der Waals surface area contributed by atoms with Crippen LogP contribution in [0.25, 0.3) is 0 Å². The molecule has 1 heterocycles. The molecule has 2 amide bonds. The third-order valence-electron chi connectivity index (χ3n) is 4.45. The van der Waals surface area contributed by atoms with Crippen LogP contribution in [-0.2, 0) is 16.0 Å². The molecule has 0 saturated heterocycles. The van der Waals surface area contributed by atoms with E-state index < -0.39 is 17.3 Å². The number of hydrogen-bond acceptors (Lipinski definition) is 8. The zero-order valence-corrected chi connectivity index (χ0v) is 18.0. The third kappa shape index (κ3) is 5.65. The van der Waals surface area contributed by atoms with E-state index in [2.05, 4.69) is 17.1 Å². The molecule has 4 N–H and O–H groups in total. The Bertz CT molecular complexity index is 1050. The van der Waals surface area contributed by atoms with E-state index in [1.165, 1.54) is 0 Å². The number of nitriles is 2. The van der Waals surface area contributed by atoms with Crippen molar-refractivity contribution in [3.05, 3.63) is 52.6 Å². The van der Waals surface area contributed by atoms with Gasteiger partial charge in [-0.25, -0.2) is 9.78 Å². The molecule has 0 radical (unpaired) electrons. The molecule has 0 aliphatic carbocycles. The van der Waals surface area contributed by atoms with Crippen molar-refractivity contribution >= 4 is 29.6 Å². The summed E-state index contributed by atoms with van der Waals surface area (Å²) in [6.07, 6.45) is -0.494. The van der Waals surface area contributed by atoms with Crippen molar-refractivity contribution in [2.24, 2.45) is 11.5 Å². The number of hydrogen-bond donors (Lipinski definition) is 2. The molecular weight excluding hydrogens is 416 g/mol. The maximum absolute atomic E-state index is 12.2.